The number of hydrogen-bond donors (Lipinski definition) is 0. The minimum Gasteiger partial charge on any atom is -0.455 e. The van der Waals surface area contributed by atoms with Crippen molar-refractivity contribution in [2.24, 2.45) is 0 Å². The predicted molar refractivity (Wildman–Crippen MR) is 163 cm³/mol. The van der Waals surface area contributed by atoms with Crippen molar-refractivity contribution >= 4 is 28.2 Å². The van der Waals surface area contributed by atoms with E-state index in [4.69, 9.17) is 4.42 Å². The van der Waals surface area contributed by atoms with Crippen molar-refractivity contribution in [3.63, 3.8) is 0 Å². The summed E-state index contributed by atoms with van der Waals surface area (Å²) in [7, 11) is 2.17. The summed E-state index contributed by atoms with van der Waals surface area (Å²) in [4.78, 5) is 0. The van der Waals surface area contributed by atoms with Gasteiger partial charge in [-0.3, -0.25) is 0 Å². The number of benzene rings is 4. The van der Waals surface area contributed by atoms with Crippen LogP contribution in [0.5, 0.6) is 0 Å². The van der Waals surface area contributed by atoms with Crippen LogP contribution < -0.4 is 0 Å². The van der Waals surface area contributed by atoms with Crippen LogP contribution in [-0.2, 0) is 5.41 Å². The molecule has 0 amide bonds. The quantitative estimate of drug-likeness (QED) is 0.218. The minimum absolute atomic E-state index is 0.0957. The van der Waals surface area contributed by atoms with E-state index in [1.54, 1.807) is 0 Å². The number of nitrogens with zero attached hydrogens (tertiary/aromatic N) is 1. The Labute approximate surface area is 229 Å². The number of rotatable bonds is 4. The van der Waals surface area contributed by atoms with E-state index < -0.39 is 0 Å². The molecule has 0 atom stereocenters. The molecule has 0 radical (unpaired) electrons. The molecule has 1 aliphatic carbocycles. The molecule has 0 spiro atoms. The molecule has 2 heteroatoms. The Balaban J connectivity index is 1.49. The lowest BCUT2D eigenvalue weighted by Gasteiger charge is -2.15. The van der Waals surface area contributed by atoms with Gasteiger partial charge in [-0.2, -0.15) is 4.58 Å². The van der Waals surface area contributed by atoms with E-state index in [2.05, 4.69) is 147 Å². The van der Waals surface area contributed by atoms with Crippen molar-refractivity contribution in [1.29, 1.82) is 0 Å². The molecule has 2 heterocycles. The minimum atomic E-state index is -0.0957. The Morgan fingerprint density at radius 2 is 1.28 bits per heavy atom. The second-order valence-corrected chi connectivity index (χ2v) is 10.8. The summed E-state index contributed by atoms with van der Waals surface area (Å²) in [6.45, 7) is 4.61. The molecular weight excluding hydrogens is 474 g/mol. The number of para-hydroxylation sites is 1. The zero-order valence-electron chi connectivity index (χ0n) is 22.5. The first kappa shape index (κ1) is 23.4. The fraction of sp³-hybridized carbons (Fsp3) is 0.108. The molecule has 0 aromatic heterocycles. The molecule has 0 unspecified atom stereocenters. The molecule has 188 valence electrons. The van der Waals surface area contributed by atoms with Crippen molar-refractivity contribution in [2.75, 3.05) is 7.05 Å². The first-order valence-corrected chi connectivity index (χ1v) is 13.5. The van der Waals surface area contributed by atoms with Gasteiger partial charge in [-0.1, -0.05) is 103 Å². The van der Waals surface area contributed by atoms with Crippen LogP contribution >= 0.6 is 0 Å². The topological polar surface area (TPSA) is 16.1 Å². The van der Waals surface area contributed by atoms with Gasteiger partial charge in [0.2, 0.25) is 5.69 Å². The third-order valence-electron chi connectivity index (χ3n) is 8.21. The van der Waals surface area contributed by atoms with Gasteiger partial charge in [-0.05, 0) is 47.9 Å². The van der Waals surface area contributed by atoms with E-state index in [1.807, 2.05) is 6.07 Å². The molecular formula is C37H30NO+. The van der Waals surface area contributed by atoms with E-state index >= 15 is 0 Å². The maximum atomic E-state index is 6.81. The Kier molecular flexibility index (Phi) is 5.38. The standard InChI is InChI=1S/C37H30NO/c1-37(2)31-20-12-13-21-32(31)38(3)34(37)23-22-29-27-18-10-11-19-28(27)35-30(25-14-6-4-7-15-25)24-33(39-36(29)35)26-16-8-5-9-17-26/h4-24H,1-3H3/q+1/b23-22+. The Bertz CT molecular complexity index is 1870. The summed E-state index contributed by atoms with van der Waals surface area (Å²) < 4.78 is 9.13. The van der Waals surface area contributed by atoms with Crippen molar-refractivity contribution < 1.29 is 8.99 Å². The molecule has 0 saturated carbocycles. The van der Waals surface area contributed by atoms with E-state index in [1.165, 1.54) is 38.9 Å². The first-order valence-electron chi connectivity index (χ1n) is 13.5. The molecule has 7 rings (SSSR count). The van der Waals surface area contributed by atoms with Crippen molar-refractivity contribution in [3.05, 3.63) is 132 Å². The molecule has 0 bridgehead atoms. The van der Waals surface area contributed by atoms with Gasteiger partial charge in [0.05, 0.1) is 5.41 Å². The molecule has 3 aliphatic rings. The van der Waals surface area contributed by atoms with Gasteiger partial charge in [-0.25, -0.2) is 0 Å². The second-order valence-electron chi connectivity index (χ2n) is 10.8. The van der Waals surface area contributed by atoms with Crippen LogP contribution in [0, 0.1) is 0 Å². The smallest absolute Gasteiger partial charge is 0.209 e. The SMILES string of the molecule is C[N+]1=C(/C=C/c2c3oc(-c4ccccc4)cc(-c4ccccc4)c-3c3ccccc23)C(C)(C)c2ccccc21. The Morgan fingerprint density at radius 1 is 0.667 bits per heavy atom. The van der Waals surface area contributed by atoms with Gasteiger partial charge in [0.25, 0.3) is 0 Å². The summed E-state index contributed by atoms with van der Waals surface area (Å²) in [5.41, 5.74) is 9.50. The molecule has 4 aromatic rings. The first-order chi connectivity index (χ1) is 19.0. The van der Waals surface area contributed by atoms with Gasteiger partial charge < -0.3 is 4.42 Å². The summed E-state index contributed by atoms with van der Waals surface area (Å²) in [5.74, 6) is 1.79. The fourth-order valence-electron chi connectivity index (χ4n) is 6.25. The van der Waals surface area contributed by atoms with Crippen molar-refractivity contribution in [2.45, 2.75) is 19.3 Å². The molecule has 39 heavy (non-hydrogen) atoms. The Morgan fingerprint density at radius 3 is 2.00 bits per heavy atom. The molecule has 2 aliphatic heterocycles. The summed E-state index contributed by atoms with van der Waals surface area (Å²) in [5, 5.41) is 2.41. The normalized spacial score (nSPS) is 14.5. The molecule has 2 nitrogen and oxygen atoms in total. The summed E-state index contributed by atoms with van der Waals surface area (Å²) >= 11 is 0. The van der Waals surface area contributed by atoms with Crippen LogP contribution in [0.15, 0.2) is 126 Å². The van der Waals surface area contributed by atoms with Crippen molar-refractivity contribution in [3.8, 4) is 33.8 Å². The molecule has 0 N–H and O–H groups in total. The maximum Gasteiger partial charge on any atom is 0.209 e. The number of fused-ring (bicyclic) bond motifs is 4. The average molecular weight is 505 g/mol. The summed E-state index contributed by atoms with van der Waals surface area (Å²) in [6, 6.07) is 40.6. The molecule has 0 saturated heterocycles. The number of allylic oxidation sites excluding steroid dienone is 1. The van der Waals surface area contributed by atoms with Gasteiger partial charge in [-0.15, -0.1) is 0 Å². The van der Waals surface area contributed by atoms with Crippen LogP contribution in [0.25, 0.3) is 50.6 Å². The zero-order chi connectivity index (χ0) is 26.6. The van der Waals surface area contributed by atoms with Crippen LogP contribution in [0.3, 0.4) is 0 Å². The molecule has 0 fully saturated rings. The van der Waals surface area contributed by atoms with Crippen LogP contribution in [0.2, 0.25) is 0 Å². The fourth-order valence-corrected chi connectivity index (χ4v) is 6.25. The van der Waals surface area contributed by atoms with Crippen LogP contribution in [0.1, 0.15) is 25.0 Å². The summed E-state index contributed by atoms with van der Waals surface area (Å²) in [6.07, 6.45) is 4.55. The zero-order valence-corrected chi connectivity index (χ0v) is 22.5. The van der Waals surface area contributed by atoms with Gasteiger partial charge in [0.1, 0.15) is 18.6 Å². The monoisotopic (exact) mass is 504 g/mol. The lowest BCUT2D eigenvalue weighted by atomic mass is 9.81. The van der Waals surface area contributed by atoms with E-state index in [0.29, 0.717) is 0 Å². The maximum absolute atomic E-state index is 6.81. The highest BCUT2D eigenvalue weighted by Gasteiger charge is 2.42. The Hall–Kier alpha value is -4.69. The highest BCUT2D eigenvalue weighted by atomic mass is 16.3. The van der Waals surface area contributed by atoms with Crippen LogP contribution in [-0.4, -0.2) is 17.3 Å². The van der Waals surface area contributed by atoms with Gasteiger partial charge in [0, 0.05) is 34.4 Å². The largest absolute Gasteiger partial charge is 0.455 e. The third-order valence-corrected chi connectivity index (χ3v) is 8.21. The van der Waals surface area contributed by atoms with Crippen molar-refractivity contribution in [1.82, 2.24) is 0 Å². The van der Waals surface area contributed by atoms with E-state index in [0.717, 1.165) is 28.2 Å². The average Bonchev–Trinajstić information content (AvgIpc) is 3.40. The second kappa shape index (κ2) is 8.96. The van der Waals surface area contributed by atoms with Gasteiger partial charge in [0.15, 0.2) is 5.71 Å². The van der Waals surface area contributed by atoms with E-state index in [9.17, 15) is 0 Å². The van der Waals surface area contributed by atoms with Gasteiger partial charge >= 0.3 is 0 Å². The highest BCUT2D eigenvalue weighted by molar-refractivity contribution is 6.14. The highest BCUT2D eigenvalue weighted by Crippen LogP contribution is 2.48. The lowest BCUT2D eigenvalue weighted by molar-refractivity contribution is -0.401. The third kappa shape index (κ3) is 3.67. The van der Waals surface area contributed by atoms with Crippen LogP contribution in [0.4, 0.5) is 5.69 Å². The molecule has 4 aromatic carbocycles. The lowest BCUT2D eigenvalue weighted by Crippen LogP contribution is -2.26. The predicted octanol–water partition coefficient (Wildman–Crippen LogP) is 9.59. The van der Waals surface area contributed by atoms with E-state index in [-0.39, 0.29) is 5.41 Å². The number of hydrogen-bond acceptors (Lipinski definition) is 1.